The molecule has 5 nitrogen and oxygen atoms in total. The Morgan fingerprint density at radius 2 is 1.57 bits per heavy atom. The standard InChI is InChI=1S/C25H37NO4/c1-5-6-7-8-9-10-11-20-17-12-13-18(14-17)23(20)25(27)26-24-21(29-3)15-19(28-2)16-22(24)30-4/h12-13,15-18,20,23H,5-11,14H2,1-4H3,(H,26,27). The van der Waals surface area contributed by atoms with Crippen molar-refractivity contribution in [3.05, 3.63) is 24.3 Å². The Morgan fingerprint density at radius 3 is 2.20 bits per heavy atom. The van der Waals surface area contributed by atoms with Gasteiger partial charge in [0.1, 0.15) is 22.9 Å². The summed E-state index contributed by atoms with van der Waals surface area (Å²) in [5.41, 5.74) is 0.580. The summed E-state index contributed by atoms with van der Waals surface area (Å²) in [5, 5.41) is 3.13. The van der Waals surface area contributed by atoms with Crippen molar-refractivity contribution in [3.63, 3.8) is 0 Å². The summed E-state index contributed by atoms with van der Waals surface area (Å²) in [5.74, 6) is 3.14. The number of amides is 1. The van der Waals surface area contributed by atoms with Crippen molar-refractivity contribution in [2.75, 3.05) is 26.6 Å². The van der Waals surface area contributed by atoms with E-state index in [0.29, 0.717) is 40.7 Å². The normalized spacial score (nSPS) is 24.1. The van der Waals surface area contributed by atoms with Crippen LogP contribution in [-0.2, 0) is 4.79 Å². The number of benzene rings is 1. The molecule has 30 heavy (non-hydrogen) atoms. The van der Waals surface area contributed by atoms with Gasteiger partial charge in [-0.25, -0.2) is 0 Å². The first-order chi connectivity index (χ1) is 14.6. The van der Waals surface area contributed by atoms with Gasteiger partial charge >= 0.3 is 0 Å². The van der Waals surface area contributed by atoms with Crippen LogP contribution < -0.4 is 19.5 Å². The molecule has 2 aliphatic carbocycles. The van der Waals surface area contributed by atoms with Gasteiger partial charge in [-0.15, -0.1) is 0 Å². The number of allylic oxidation sites excluding steroid dienone is 2. The maximum Gasteiger partial charge on any atom is 0.228 e. The molecule has 0 heterocycles. The first-order valence-corrected chi connectivity index (χ1v) is 11.4. The minimum absolute atomic E-state index is 0.0205. The van der Waals surface area contributed by atoms with E-state index in [9.17, 15) is 4.79 Å². The molecule has 1 fully saturated rings. The van der Waals surface area contributed by atoms with Gasteiger partial charge in [0, 0.05) is 18.1 Å². The Hall–Kier alpha value is -2.17. The van der Waals surface area contributed by atoms with Crippen LogP contribution in [0.3, 0.4) is 0 Å². The number of carbonyl (C=O) groups excluding carboxylic acids is 1. The maximum absolute atomic E-state index is 13.4. The Bertz CT molecular complexity index is 720. The largest absolute Gasteiger partial charge is 0.496 e. The van der Waals surface area contributed by atoms with Gasteiger partial charge in [0.2, 0.25) is 5.91 Å². The van der Waals surface area contributed by atoms with E-state index in [1.807, 2.05) is 0 Å². The lowest BCUT2D eigenvalue weighted by Gasteiger charge is -2.28. The van der Waals surface area contributed by atoms with E-state index in [1.165, 1.54) is 38.5 Å². The Morgan fingerprint density at radius 1 is 0.933 bits per heavy atom. The molecule has 0 spiro atoms. The van der Waals surface area contributed by atoms with E-state index in [1.54, 1.807) is 33.5 Å². The molecule has 1 amide bonds. The summed E-state index contributed by atoms with van der Waals surface area (Å²) in [6, 6.07) is 3.54. The molecule has 4 unspecified atom stereocenters. The van der Waals surface area contributed by atoms with Gasteiger partial charge < -0.3 is 19.5 Å². The SMILES string of the molecule is CCCCCCCCC1C2C=CC(C2)C1C(=O)Nc1c(OC)cc(OC)cc1OC. The number of ether oxygens (including phenoxy) is 3. The van der Waals surface area contributed by atoms with Crippen molar-refractivity contribution in [2.45, 2.75) is 58.3 Å². The van der Waals surface area contributed by atoms with Crippen LogP contribution in [0.15, 0.2) is 24.3 Å². The predicted molar refractivity (Wildman–Crippen MR) is 120 cm³/mol. The minimum Gasteiger partial charge on any atom is -0.496 e. The fourth-order valence-electron chi connectivity index (χ4n) is 5.20. The number of unbranched alkanes of at least 4 members (excludes halogenated alkanes) is 5. The molecule has 1 N–H and O–H groups in total. The topological polar surface area (TPSA) is 56.8 Å². The van der Waals surface area contributed by atoms with E-state index in [4.69, 9.17) is 14.2 Å². The number of methoxy groups -OCH3 is 3. The Labute approximate surface area is 181 Å². The molecule has 0 saturated heterocycles. The van der Waals surface area contributed by atoms with Gasteiger partial charge in [-0.3, -0.25) is 4.79 Å². The van der Waals surface area contributed by atoms with E-state index in [2.05, 4.69) is 24.4 Å². The first-order valence-electron chi connectivity index (χ1n) is 11.4. The lowest BCUT2D eigenvalue weighted by Crippen LogP contribution is -2.32. The monoisotopic (exact) mass is 415 g/mol. The highest BCUT2D eigenvalue weighted by molar-refractivity contribution is 5.96. The zero-order chi connectivity index (χ0) is 21.5. The average molecular weight is 416 g/mol. The van der Waals surface area contributed by atoms with Crippen LogP contribution in [0.2, 0.25) is 0 Å². The van der Waals surface area contributed by atoms with Crippen LogP contribution in [0, 0.1) is 23.7 Å². The number of hydrogen-bond acceptors (Lipinski definition) is 4. The maximum atomic E-state index is 13.4. The molecule has 5 heteroatoms. The molecule has 2 bridgehead atoms. The highest BCUT2D eigenvalue weighted by Crippen LogP contribution is 2.51. The van der Waals surface area contributed by atoms with E-state index in [-0.39, 0.29) is 11.8 Å². The number of hydrogen-bond donors (Lipinski definition) is 1. The summed E-state index contributed by atoms with van der Waals surface area (Å²) in [7, 11) is 4.78. The Kier molecular flexibility index (Phi) is 8.06. The molecule has 3 rings (SSSR count). The summed E-state index contributed by atoms with van der Waals surface area (Å²) < 4.78 is 16.3. The third-order valence-electron chi connectivity index (χ3n) is 6.78. The fraction of sp³-hybridized carbons (Fsp3) is 0.640. The molecule has 0 aliphatic heterocycles. The van der Waals surface area contributed by atoms with Gasteiger partial charge in [-0.2, -0.15) is 0 Å². The predicted octanol–water partition coefficient (Wildman–Crippen LogP) is 5.84. The number of rotatable bonds is 12. The molecule has 166 valence electrons. The average Bonchev–Trinajstić information content (AvgIpc) is 3.37. The summed E-state index contributed by atoms with van der Waals surface area (Å²) in [6.07, 6.45) is 14.5. The molecule has 4 atom stereocenters. The quantitative estimate of drug-likeness (QED) is 0.344. The van der Waals surface area contributed by atoms with Crippen LogP contribution in [-0.4, -0.2) is 27.2 Å². The van der Waals surface area contributed by atoms with Crippen molar-refractivity contribution in [1.29, 1.82) is 0 Å². The van der Waals surface area contributed by atoms with Crippen LogP contribution >= 0.6 is 0 Å². The summed E-state index contributed by atoms with van der Waals surface area (Å²) in [6.45, 7) is 2.25. The van der Waals surface area contributed by atoms with Crippen molar-refractivity contribution in [3.8, 4) is 17.2 Å². The molecule has 2 aliphatic rings. The van der Waals surface area contributed by atoms with Gasteiger partial charge in [-0.1, -0.05) is 57.6 Å². The van der Waals surface area contributed by atoms with Gasteiger partial charge in [-0.05, 0) is 30.6 Å². The van der Waals surface area contributed by atoms with Crippen LogP contribution in [0.1, 0.15) is 58.3 Å². The van der Waals surface area contributed by atoms with E-state index in [0.717, 1.165) is 12.8 Å². The number of nitrogens with one attached hydrogen (secondary N) is 1. The number of carbonyl (C=O) groups is 1. The summed E-state index contributed by atoms with van der Waals surface area (Å²) in [4.78, 5) is 13.4. The molecule has 1 aromatic rings. The van der Waals surface area contributed by atoms with Crippen LogP contribution in [0.4, 0.5) is 5.69 Å². The van der Waals surface area contributed by atoms with Crippen molar-refractivity contribution in [1.82, 2.24) is 0 Å². The van der Waals surface area contributed by atoms with Gasteiger partial charge in [0.25, 0.3) is 0 Å². The lowest BCUT2D eigenvalue weighted by molar-refractivity contribution is -0.122. The second-order valence-corrected chi connectivity index (χ2v) is 8.59. The molecule has 1 aromatic carbocycles. The van der Waals surface area contributed by atoms with Gasteiger partial charge in [0.15, 0.2) is 0 Å². The fourth-order valence-corrected chi connectivity index (χ4v) is 5.20. The smallest absolute Gasteiger partial charge is 0.228 e. The van der Waals surface area contributed by atoms with Crippen LogP contribution in [0.5, 0.6) is 17.2 Å². The lowest BCUT2D eigenvalue weighted by atomic mass is 9.79. The minimum atomic E-state index is 0.0205. The number of fused-ring (bicyclic) bond motifs is 2. The van der Waals surface area contributed by atoms with Crippen molar-refractivity contribution >= 4 is 11.6 Å². The molecule has 1 saturated carbocycles. The van der Waals surface area contributed by atoms with E-state index < -0.39 is 0 Å². The van der Waals surface area contributed by atoms with Crippen molar-refractivity contribution < 1.29 is 19.0 Å². The molecular weight excluding hydrogens is 378 g/mol. The highest BCUT2D eigenvalue weighted by atomic mass is 16.5. The van der Waals surface area contributed by atoms with Crippen molar-refractivity contribution in [2.24, 2.45) is 23.7 Å². The third-order valence-corrected chi connectivity index (χ3v) is 6.78. The highest BCUT2D eigenvalue weighted by Gasteiger charge is 2.47. The summed E-state index contributed by atoms with van der Waals surface area (Å²) >= 11 is 0. The Balaban J connectivity index is 1.68. The van der Waals surface area contributed by atoms with Crippen LogP contribution in [0.25, 0.3) is 0 Å². The third kappa shape index (κ3) is 4.93. The molecular formula is C25H37NO4. The van der Waals surface area contributed by atoms with E-state index >= 15 is 0 Å². The second kappa shape index (κ2) is 10.7. The second-order valence-electron chi connectivity index (χ2n) is 8.59. The zero-order valence-electron chi connectivity index (χ0n) is 18.9. The molecule has 0 radical (unpaired) electrons. The number of anilines is 1. The zero-order valence-corrected chi connectivity index (χ0v) is 18.9. The van der Waals surface area contributed by atoms with Gasteiger partial charge in [0.05, 0.1) is 21.3 Å². The first kappa shape index (κ1) is 22.5. The molecule has 0 aromatic heterocycles.